The highest BCUT2D eigenvalue weighted by molar-refractivity contribution is 7.71. The molecule has 66 valence electrons. The zero-order valence-corrected chi connectivity index (χ0v) is 8.51. The van der Waals surface area contributed by atoms with Crippen LogP contribution in [0.4, 0.5) is 0 Å². The molecule has 0 saturated carbocycles. The van der Waals surface area contributed by atoms with Crippen molar-refractivity contribution in [2.45, 2.75) is 27.3 Å². The standard InChI is InChI=1S/C9H14N2S/c1-5-6(2)8(4-10)9(12)11-7(5)3/h4,10H2,1-3H3,(H,11,12). The van der Waals surface area contributed by atoms with Crippen molar-refractivity contribution in [3.8, 4) is 0 Å². The van der Waals surface area contributed by atoms with Gasteiger partial charge in [0.1, 0.15) is 4.64 Å². The molecular weight excluding hydrogens is 168 g/mol. The Hall–Kier alpha value is -0.670. The number of H-pyrrole nitrogens is 1. The van der Waals surface area contributed by atoms with Crippen LogP contribution in [0.3, 0.4) is 0 Å². The molecule has 0 atom stereocenters. The van der Waals surface area contributed by atoms with Gasteiger partial charge < -0.3 is 10.7 Å². The molecule has 12 heavy (non-hydrogen) atoms. The van der Waals surface area contributed by atoms with Gasteiger partial charge in [-0.05, 0) is 31.9 Å². The molecule has 1 heterocycles. The lowest BCUT2D eigenvalue weighted by Gasteiger charge is -2.09. The molecule has 0 aliphatic carbocycles. The molecule has 0 radical (unpaired) electrons. The highest BCUT2D eigenvalue weighted by Crippen LogP contribution is 2.15. The van der Waals surface area contributed by atoms with E-state index in [9.17, 15) is 0 Å². The van der Waals surface area contributed by atoms with Crippen molar-refractivity contribution in [3.63, 3.8) is 0 Å². The van der Waals surface area contributed by atoms with E-state index in [1.807, 2.05) is 6.92 Å². The molecule has 1 aromatic rings. The Labute approximate surface area is 77.8 Å². The average Bonchev–Trinajstić information content (AvgIpc) is 2.01. The maximum Gasteiger partial charge on any atom is 0.108 e. The van der Waals surface area contributed by atoms with Crippen molar-refractivity contribution >= 4 is 12.2 Å². The summed E-state index contributed by atoms with van der Waals surface area (Å²) in [4.78, 5) is 3.13. The minimum Gasteiger partial charge on any atom is -0.350 e. The van der Waals surface area contributed by atoms with Gasteiger partial charge in [0.25, 0.3) is 0 Å². The minimum atomic E-state index is 0.516. The molecule has 0 saturated heterocycles. The van der Waals surface area contributed by atoms with Gasteiger partial charge >= 0.3 is 0 Å². The van der Waals surface area contributed by atoms with Crippen molar-refractivity contribution in [1.82, 2.24) is 4.98 Å². The van der Waals surface area contributed by atoms with Gasteiger partial charge in [-0.15, -0.1) is 0 Å². The van der Waals surface area contributed by atoms with Crippen molar-refractivity contribution < 1.29 is 0 Å². The summed E-state index contributed by atoms with van der Waals surface area (Å²) < 4.78 is 0.776. The number of hydrogen-bond donors (Lipinski definition) is 2. The van der Waals surface area contributed by atoms with Gasteiger partial charge in [0, 0.05) is 17.8 Å². The lowest BCUT2D eigenvalue weighted by Crippen LogP contribution is -2.05. The van der Waals surface area contributed by atoms with Crippen LogP contribution in [0, 0.1) is 25.4 Å². The molecule has 3 heteroatoms. The summed E-state index contributed by atoms with van der Waals surface area (Å²) in [7, 11) is 0. The predicted molar refractivity (Wildman–Crippen MR) is 53.7 cm³/mol. The van der Waals surface area contributed by atoms with Crippen molar-refractivity contribution in [3.05, 3.63) is 27.0 Å². The Morgan fingerprint density at radius 1 is 1.25 bits per heavy atom. The van der Waals surface area contributed by atoms with Crippen LogP contribution >= 0.6 is 12.2 Å². The monoisotopic (exact) mass is 182 g/mol. The third-order valence-electron chi connectivity index (χ3n) is 2.36. The van der Waals surface area contributed by atoms with Gasteiger partial charge in [-0.1, -0.05) is 12.2 Å². The maximum absolute atomic E-state index is 5.58. The number of nitrogens with two attached hydrogens (primary N) is 1. The molecule has 0 amide bonds. The number of rotatable bonds is 1. The quantitative estimate of drug-likeness (QED) is 0.653. The van der Waals surface area contributed by atoms with Crippen LogP contribution in [-0.4, -0.2) is 4.98 Å². The third-order valence-corrected chi connectivity index (χ3v) is 2.71. The van der Waals surface area contributed by atoms with Crippen LogP contribution in [0.2, 0.25) is 0 Å². The zero-order chi connectivity index (χ0) is 9.30. The maximum atomic E-state index is 5.58. The largest absolute Gasteiger partial charge is 0.350 e. The highest BCUT2D eigenvalue weighted by Gasteiger charge is 2.04. The molecule has 0 aromatic carbocycles. The first-order valence-electron chi connectivity index (χ1n) is 3.97. The number of nitrogens with one attached hydrogen (secondary N) is 1. The molecule has 0 fully saturated rings. The second-order valence-electron chi connectivity index (χ2n) is 3.01. The molecule has 2 nitrogen and oxygen atoms in total. The van der Waals surface area contributed by atoms with Crippen LogP contribution in [0.25, 0.3) is 0 Å². The molecule has 0 spiro atoms. The molecule has 0 unspecified atom stereocenters. The fraction of sp³-hybridized carbons (Fsp3) is 0.444. The molecule has 1 aromatic heterocycles. The summed E-state index contributed by atoms with van der Waals surface area (Å²) in [6, 6.07) is 0. The van der Waals surface area contributed by atoms with Crippen molar-refractivity contribution in [2.24, 2.45) is 5.73 Å². The van der Waals surface area contributed by atoms with Gasteiger partial charge in [-0.2, -0.15) is 0 Å². The van der Waals surface area contributed by atoms with E-state index in [0.29, 0.717) is 6.54 Å². The zero-order valence-electron chi connectivity index (χ0n) is 7.69. The second kappa shape index (κ2) is 3.37. The van der Waals surface area contributed by atoms with Crippen LogP contribution in [0.1, 0.15) is 22.4 Å². The van der Waals surface area contributed by atoms with Crippen molar-refractivity contribution in [2.75, 3.05) is 0 Å². The Kier molecular flexibility index (Phi) is 2.65. The smallest absolute Gasteiger partial charge is 0.108 e. The Bertz CT molecular complexity index is 352. The number of hydrogen-bond acceptors (Lipinski definition) is 2. The number of aromatic nitrogens is 1. The van der Waals surface area contributed by atoms with E-state index in [2.05, 4.69) is 18.8 Å². The molecular formula is C9H14N2S. The van der Waals surface area contributed by atoms with E-state index in [4.69, 9.17) is 18.0 Å². The van der Waals surface area contributed by atoms with Gasteiger partial charge in [0.05, 0.1) is 0 Å². The SMILES string of the molecule is Cc1[nH]c(=S)c(CN)c(C)c1C. The van der Waals surface area contributed by atoms with Gasteiger partial charge in [-0.3, -0.25) is 0 Å². The second-order valence-corrected chi connectivity index (χ2v) is 3.42. The fourth-order valence-electron chi connectivity index (χ4n) is 1.26. The summed E-state index contributed by atoms with van der Waals surface area (Å²) >= 11 is 5.15. The van der Waals surface area contributed by atoms with Crippen LogP contribution in [-0.2, 0) is 6.54 Å². The number of pyridine rings is 1. The summed E-state index contributed by atoms with van der Waals surface area (Å²) in [6.45, 7) is 6.68. The van der Waals surface area contributed by atoms with Crippen molar-refractivity contribution in [1.29, 1.82) is 0 Å². The predicted octanol–water partition coefficient (Wildman–Crippen LogP) is 2.13. The first-order valence-corrected chi connectivity index (χ1v) is 4.37. The lowest BCUT2D eigenvalue weighted by atomic mass is 10.0. The van der Waals surface area contributed by atoms with Gasteiger partial charge in [0.15, 0.2) is 0 Å². The Balaban J connectivity index is 3.52. The van der Waals surface area contributed by atoms with E-state index >= 15 is 0 Å². The van der Waals surface area contributed by atoms with Crippen LogP contribution in [0.15, 0.2) is 0 Å². The molecule has 0 bridgehead atoms. The molecule has 0 aliphatic heterocycles. The highest BCUT2D eigenvalue weighted by atomic mass is 32.1. The average molecular weight is 182 g/mol. The van der Waals surface area contributed by atoms with E-state index in [1.54, 1.807) is 0 Å². The normalized spacial score (nSPS) is 10.3. The van der Waals surface area contributed by atoms with Crippen LogP contribution in [0.5, 0.6) is 0 Å². The molecule has 0 aliphatic rings. The van der Waals surface area contributed by atoms with Gasteiger partial charge in [-0.25, -0.2) is 0 Å². The fourth-order valence-corrected chi connectivity index (χ4v) is 1.65. The van der Waals surface area contributed by atoms with Crippen LogP contribution < -0.4 is 5.73 Å². The molecule has 3 N–H and O–H groups in total. The van der Waals surface area contributed by atoms with E-state index in [1.165, 1.54) is 11.1 Å². The van der Waals surface area contributed by atoms with E-state index in [-0.39, 0.29) is 0 Å². The van der Waals surface area contributed by atoms with E-state index < -0.39 is 0 Å². The van der Waals surface area contributed by atoms with Gasteiger partial charge in [0.2, 0.25) is 0 Å². The minimum absolute atomic E-state index is 0.516. The first-order chi connectivity index (χ1) is 5.57. The summed E-state index contributed by atoms with van der Waals surface area (Å²) in [6.07, 6.45) is 0. The summed E-state index contributed by atoms with van der Waals surface area (Å²) in [5, 5.41) is 0. The first kappa shape index (κ1) is 9.42. The third kappa shape index (κ3) is 1.42. The molecule has 1 rings (SSSR count). The summed E-state index contributed by atoms with van der Waals surface area (Å²) in [5.74, 6) is 0. The Morgan fingerprint density at radius 2 is 1.83 bits per heavy atom. The Morgan fingerprint density at radius 3 is 2.33 bits per heavy atom. The lowest BCUT2D eigenvalue weighted by molar-refractivity contribution is 0.979. The number of aromatic amines is 1. The summed E-state index contributed by atoms with van der Waals surface area (Å²) in [5.41, 5.74) is 10.3. The van der Waals surface area contributed by atoms with E-state index in [0.717, 1.165) is 15.9 Å². The topological polar surface area (TPSA) is 41.8 Å². The number of aryl methyl sites for hydroxylation is 1.